The minimum atomic E-state index is 0.119. The molecule has 2 heterocycles. The van der Waals surface area contributed by atoms with Gasteiger partial charge in [0.15, 0.2) is 0 Å². The number of nitrogens with one attached hydrogen (secondary N) is 1. The minimum absolute atomic E-state index is 0.119. The lowest BCUT2D eigenvalue weighted by Gasteiger charge is -2.22. The average Bonchev–Trinajstić information content (AvgIpc) is 3.04. The third-order valence-electron chi connectivity index (χ3n) is 4.59. The molecule has 20 heavy (non-hydrogen) atoms. The molecule has 2 aliphatic rings. The normalized spacial score (nSPS) is 25.2. The highest BCUT2D eigenvalue weighted by molar-refractivity contribution is 5.45. The second-order valence-corrected chi connectivity index (χ2v) is 6.64. The van der Waals surface area contributed by atoms with E-state index in [1.165, 1.54) is 24.0 Å². The highest BCUT2D eigenvalue weighted by atomic mass is 16.5. The van der Waals surface area contributed by atoms with Gasteiger partial charge in [0.05, 0.1) is 12.7 Å². The van der Waals surface area contributed by atoms with Gasteiger partial charge < -0.3 is 14.8 Å². The molecule has 0 aromatic heterocycles. The van der Waals surface area contributed by atoms with E-state index in [0.717, 1.165) is 25.4 Å². The number of rotatable bonds is 4. The predicted octanol–water partition coefficient (Wildman–Crippen LogP) is 3.19. The topological polar surface area (TPSA) is 30.5 Å². The van der Waals surface area contributed by atoms with Crippen molar-refractivity contribution in [3.63, 3.8) is 0 Å². The van der Waals surface area contributed by atoms with Crippen LogP contribution < -0.4 is 10.1 Å². The minimum Gasteiger partial charge on any atom is -0.492 e. The van der Waals surface area contributed by atoms with E-state index in [0.29, 0.717) is 12.1 Å². The fraction of sp³-hybridized carbons (Fsp3) is 0.647. The maximum Gasteiger partial charge on any atom is 0.123 e. The molecule has 3 nitrogen and oxygen atoms in total. The number of benzene rings is 1. The third-order valence-corrected chi connectivity index (χ3v) is 4.59. The van der Waals surface area contributed by atoms with Gasteiger partial charge >= 0.3 is 0 Å². The third kappa shape index (κ3) is 2.57. The van der Waals surface area contributed by atoms with E-state index in [9.17, 15) is 0 Å². The summed E-state index contributed by atoms with van der Waals surface area (Å²) in [6, 6.07) is 6.99. The molecule has 1 aromatic carbocycles. The van der Waals surface area contributed by atoms with Gasteiger partial charge in [0.25, 0.3) is 0 Å². The first kappa shape index (κ1) is 13.9. The molecular formula is C17H25NO2. The van der Waals surface area contributed by atoms with Crippen molar-refractivity contribution in [3.05, 3.63) is 29.3 Å². The molecule has 0 aliphatic carbocycles. The molecule has 3 rings (SSSR count). The van der Waals surface area contributed by atoms with Crippen molar-refractivity contribution in [2.75, 3.05) is 20.3 Å². The van der Waals surface area contributed by atoms with Crippen LogP contribution in [0.3, 0.4) is 0 Å². The van der Waals surface area contributed by atoms with Crippen molar-refractivity contribution in [2.45, 2.75) is 50.7 Å². The number of ether oxygens (including phenoxy) is 2. The zero-order valence-electron chi connectivity index (χ0n) is 12.7. The van der Waals surface area contributed by atoms with Crippen LogP contribution in [-0.4, -0.2) is 26.4 Å². The van der Waals surface area contributed by atoms with Gasteiger partial charge in [0.2, 0.25) is 0 Å². The highest BCUT2D eigenvalue weighted by Gasteiger charge is 2.32. The summed E-state index contributed by atoms with van der Waals surface area (Å²) < 4.78 is 11.5. The Hall–Kier alpha value is -1.06. The van der Waals surface area contributed by atoms with Gasteiger partial charge in [0, 0.05) is 23.6 Å². The Morgan fingerprint density at radius 3 is 2.95 bits per heavy atom. The summed E-state index contributed by atoms with van der Waals surface area (Å²) in [4.78, 5) is 0. The summed E-state index contributed by atoms with van der Waals surface area (Å²) in [6.45, 7) is 6.20. The molecule has 1 N–H and O–H groups in total. The first-order chi connectivity index (χ1) is 9.60. The molecular weight excluding hydrogens is 250 g/mol. The smallest absolute Gasteiger partial charge is 0.123 e. The molecule has 0 spiro atoms. The Morgan fingerprint density at radius 1 is 1.40 bits per heavy atom. The van der Waals surface area contributed by atoms with Crippen LogP contribution in [0.1, 0.15) is 50.3 Å². The molecule has 1 aromatic rings. The summed E-state index contributed by atoms with van der Waals surface area (Å²) >= 11 is 0. The predicted molar refractivity (Wildman–Crippen MR) is 80.4 cm³/mol. The number of fused-ring (bicyclic) bond motifs is 1. The van der Waals surface area contributed by atoms with Crippen molar-refractivity contribution < 1.29 is 9.47 Å². The summed E-state index contributed by atoms with van der Waals surface area (Å²) in [5, 5.41) is 3.44. The molecule has 0 saturated carbocycles. The Labute approximate surface area is 121 Å². The van der Waals surface area contributed by atoms with Gasteiger partial charge in [-0.2, -0.15) is 0 Å². The van der Waals surface area contributed by atoms with Crippen molar-refractivity contribution in [1.29, 1.82) is 0 Å². The molecule has 3 heteroatoms. The van der Waals surface area contributed by atoms with E-state index in [1.54, 1.807) is 0 Å². The Kier molecular flexibility index (Phi) is 3.74. The number of hydrogen-bond donors (Lipinski definition) is 1. The van der Waals surface area contributed by atoms with E-state index in [4.69, 9.17) is 9.47 Å². The quantitative estimate of drug-likeness (QED) is 0.915. The molecule has 0 bridgehead atoms. The van der Waals surface area contributed by atoms with Crippen LogP contribution in [-0.2, 0) is 10.2 Å². The van der Waals surface area contributed by atoms with Gasteiger partial charge in [-0.15, -0.1) is 0 Å². The molecule has 1 fully saturated rings. The van der Waals surface area contributed by atoms with Gasteiger partial charge in [-0.05, 0) is 44.0 Å². The standard InChI is InChI=1S/C17H25NO2/c1-17(2)11-20-16-7-6-12(9-14(16)17)15(18-3)10-13-5-4-8-19-13/h6-7,9,13,15,18H,4-5,8,10-11H2,1-3H3. The monoisotopic (exact) mass is 275 g/mol. The Bertz CT molecular complexity index is 478. The average molecular weight is 275 g/mol. The molecule has 1 saturated heterocycles. The maximum atomic E-state index is 5.78. The van der Waals surface area contributed by atoms with Crippen LogP contribution >= 0.6 is 0 Å². The summed E-state index contributed by atoms with van der Waals surface area (Å²) in [6.07, 6.45) is 3.85. The van der Waals surface area contributed by atoms with E-state index in [1.807, 2.05) is 7.05 Å². The van der Waals surface area contributed by atoms with Crippen molar-refractivity contribution in [3.8, 4) is 5.75 Å². The van der Waals surface area contributed by atoms with Crippen LogP contribution in [0.15, 0.2) is 18.2 Å². The molecule has 0 amide bonds. The fourth-order valence-electron chi connectivity index (χ4n) is 3.27. The summed E-state index contributed by atoms with van der Waals surface area (Å²) in [5.41, 5.74) is 2.80. The lowest BCUT2D eigenvalue weighted by atomic mass is 9.85. The number of hydrogen-bond acceptors (Lipinski definition) is 3. The van der Waals surface area contributed by atoms with Crippen molar-refractivity contribution >= 4 is 0 Å². The van der Waals surface area contributed by atoms with E-state index < -0.39 is 0 Å². The SMILES string of the molecule is CNC(CC1CCCO1)c1ccc2c(c1)C(C)(C)CO2. The van der Waals surface area contributed by atoms with Gasteiger partial charge in [-0.3, -0.25) is 0 Å². The second-order valence-electron chi connectivity index (χ2n) is 6.64. The lowest BCUT2D eigenvalue weighted by molar-refractivity contribution is 0.0954. The van der Waals surface area contributed by atoms with Crippen LogP contribution in [0.2, 0.25) is 0 Å². The van der Waals surface area contributed by atoms with Crippen molar-refractivity contribution in [1.82, 2.24) is 5.32 Å². The Morgan fingerprint density at radius 2 is 2.25 bits per heavy atom. The van der Waals surface area contributed by atoms with Crippen LogP contribution in [0.5, 0.6) is 5.75 Å². The molecule has 2 unspecified atom stereocenters. The molecule has 2 atom stereocenters. The van der Waals surface area contributed by atoms with Gasteiger partial charge in [0.1, 0.15) is 5.75 Å². The first-order valence-electron chi connectivity index (χ1n) is 7.66. The zero-order chi connectivity index (χ0) is 14.2. The van der Waals surface area contributed by atoms with Crippen LogP contribution in [0.4, 0.5) is 0 Å². The largest absolute Gasteiger partial charge is 0.492 e. The molecule has 2 aliphatic heterocycles. The van der Waals surface area contributed by atoms with Gasteiger partial charge in [-0.1, -0.05) is 19.9 Å². The highest BCUT2D eigenvalue weighted by Crippen LogP contribution is 2.40. The molecule has 110 valence electrons. The van der Waals surface area contributed by atoms with E-state index in [-0.39, 0.29) is 5.41 Å². The fourth-order valence-corrected chi connectivity index (χ4v) is 3.27. The lowest BCUT2D eigenvalue weighted by Crippen LogP contribution is -2.23. The molecule has 0 radical (unpaired) electrons. The zero-order valence-corrected chi connectivity index (χ0v) is 12.7. The van der Waals surface area contributed by atoms with E-state index >= 15 is 0 Å². The van der Waals surface area contributed by atoms with Crippen LogP contribution in [0.25, 0.3) is 0 Å². The van der Waals surface area contributed by atoms with Crippen molar-refractivity contribution in [2.24, 2.45) is 0 Å². The first-order valence-corrected chi connectivity index (χ1v) is 7.66. The summed E-state index contributed by atoms with van der Waals surface area (Å²) in [5.74, 6) is 1.05. The van der Waals surface area contributed by atoms with Gasteiger partial charge in [-0.25, -0.2) is 0 Å². The second kappa shape index (κ2) is 5.38. The Balaban J connectivity index is 1.81. The van der Waals surface area contributed by atoms with Crippen LogP contribution in [0, 0.1) is 0 Å². The summed E-state index contributed by atoms with van der Waals surface area (Å²) in [7, 11) is 2.04. The maximum absolute atomic E-state index is 5.78. The van der Waals surface area contributed by atoms with E-state index in [2.05, 4.69) is 37.4 Å².